The summed E-state index contributed by atoms with van der Waals surface area (Å²) in [6, 6.07) is 4.20. The summed E-state index contributed by atoms with van der Waals surface area (Å²) in [5, 5.41) is 0.00147. The largest absolute Gasteiger partial charge is 0.461 e. The fourth-order valence-corrected chi connectivity index (χ4v) is 1.60. The molecule has 0 atom stereocenters. The summed E-state index contributed by atoms with van der Waals surface area (Å²) in [4.78, 5) is 18.2. The first kappa shape index (κ1) is 12.6. The number of carbonyl (C=O) groups excluding carboxylic acids is 1. The number of benzene rings is 1. The molecule has 0 saturated carbocycles. The molecule has 0 aliphatic carbocycles. The van der Waals surface area contributed by atoms with Crippen molar-refractivity contribution in [1.82, 2.24) is 9.97 Å². The van der Waals surface area contributed by atoms with Gasteiger partial charge in [-0.05, 0) is 25.1 Å². The number of aromatic nitrogens is 2. The molecule has 0 unspecified atom stereocenters. The van der Waals surface area contributed by atoms with Crippen LogP contribution in [0.5, 0.6) is 0 Å². The third-order valence-corrected chi connectivity index (χ3v) is 2.55. The number of nitrogens with one attached hydrogen (secondary N) is 1. The van der Waals surface area contributed by atoms with E-state index in [1.165, 1.54) is 24.4 Å². The first-order valence-electron chi connectivity index (χ1n) is 5.29. The molecule has 1 N–H and O–H groups in total. The Labute approximate surface area is 108 Å². The van der Waals surface area contributed by atoms with E-state index < -0.39 is 11.8 Å². The van der Waals surface area contributed by atoms with Crippen molar-refractivity contribution >= 4 is 17.6 Å². The number of esters is 1. The summed E-state index contributed by atoms with van der Waals surface area (Å²) in [6.45, 7) is 2.00. The van der Waals surface area contributed by atoms with Crippen molar-refractivity contribution in [2.45, 2.75) is 6.92 Å². The Hall–Kier alpha value is -1.88. The molecular weight excluding hydrogens is 259 g/mol. The molecule has 0 bridgehead atoms. The zero-order chi connectivity index (χ0) is 13.1. The molecule has 0 aliphatic rings. The molecule has 1 heterocycles. The molecule has 1 aromatic carbocycles. The molecule has 0 radical (unpaired) electrons. The highest BCUT2D eigenvalue weighted by Gasteiger charge is 2.12. The SMILES string of the molecule is CCOC(=O)c1cnc(-c2ccc(F)c(Cl)c2)[nH]1. The van der Waals surface area contributed by atoms with Gasteiger partial charge in [0.25, 0.3) is 0 Å². The summed E-state index contributed by atoms with van der Waals surface area (Å²) in [5.41, 5.74) is 0.837. The molecule has 4 nitrogen and oxygen atoms in total. The van der Waals surface area contributed by atoms with Gasteiger partial charge in [-0.15, -0.1) is 0 Å². The number of hydrogen-bond acceptors (Lipinski definition) is 3. The highest BCUT2D eigenvalue weighted by Crippen LogP contribution is 2.22. The van der Waals surface area contributed by atoms with Crippen LogP contribution in [0.1, 0.15) is 17.4 Å². The van der Waals surface area contributed by atoms with E-state index in [-0.39, 0.29) is 17.3 Å². The number of rotatable bonds is 3. The normalized spacial score (nSPS) is 10.4. The minimum Gasteiger partial charge on any atom is -0.461 e. The van der Waals surface area contributed by atoms with Crippen molar-refractivity contribution < 1.29 is 13.9 Å². The minimum atomic E-state index is -0.502. The number of aromatic amines is 1. The Morgan fingerprint density at radius 3 is 3.00 bits per heavy atom. The minimum absolute atomic E-state index is 0.00147. The number of ether oxygens (including phenoxy) is 1. The quantitative estimate of drug-likeness (QED) is 0.871. The van der Waals surface area contributed by atoms with Gasteiger partial charge in [0.1, 0.15) is 17.3 Å². The lowest BCUT2D eigenvalue weighted by atomic mass is 10.2. The number of halogens is 2. The van der Waals surface area contributed by atoms with Crippen LogP contribution in [0.25, 0.3) is 11.4 Å². The lowest BCUT2D eigenvalue weighted by Gasteiger charge is -1.99. The number of nitrogens with zero attached hydrogens (tertiary/aromatic N) is 1. The summed E-state index contributed by atoms with van der Waals surface area (Å²) < 4.78 is 17.8. The number of imidazole rings is 1. The van der Waals surface area contributed by atoms with Gasteiger partial charge in [0.05, 0.1) is 17.8 Å². The van der Waals surface area contributed by atoms with Crippen molar-refractivity contribution in [1.29, 1.82) is 0 Å². The van der Waals surface area contributed by atoms with Crippen molar-refractivity contribution in [2.75, 3.05) is 6.61 Å². The van der Waals surface area contributed by atoms with Gasteiger partial charge in [0, 0.05) is 5.56 Å². The van der Waals surface area contributed by atoms with Gasteiger partial charge in [-0.1, -0.05) is 11.6 Å². The fraction of sp³-hybridized carbons (Fsp3) is 0.167. The molecule has 0 fully saturated rings. The molecule has 0 saturated heterocycles. The van der Waals surface area contributed by atoms with E-state index in [1.54, 1.807) is 6.92 Å². The van der Waals surface area contributed by atoms with Crippen molar-refractivity contribution in [2.24, 2.45) is 0 Å². The second kappa shape index (κ2) is 5.18. The van der Waals surface area contributed by atoms with Crippen LogP contribution < -0.4 is 0 Å². The Morgan fingerprint density at radius 1 is 1.56 bits per heavy atom. The molecule has 94 valence electrons. The first-order valence-corrected chi connectivity index (χ1v) is 5.67. The van der Waals surface area contributed by atoms with E-state index in [9.17, 15) is 9.18 Å². The lowest BCUT2D eigenvalue weighted by molar-refractivity contribution is 0.0520. The van der Waals surface area contributed by atoms with Crippen LogP contribution in [0.15, 0.2) is 24.4 Å². The van der Waals surface area contributed by atoms with Crippen LogP contribution in [0, 0.1) is 5.82 Å². The van der Waals surface area contributed by atoms with E-state index in [4.69, 9.17) is 16.3 Å². The molecular formula is C12H10ClFN2O2. The Balaban J connectivity index is 2.29. The average molecular weight is 269 g/mol. The maximum Gasteiger partial charge on any atom is 0.356 e. The van der Waals surface area contributed by atoms with Gasteiger partial charge >= 0.3 is 5.97 Å². The molecule has 2 rings (SSSR count). The second-order valence-corrected chi connectivity index (χ2v) is 3.90. The Bertz CT molecular complexity index is 583. The number of H-pyrrole nitrogens is 1. The van der Waals surface area contributed by atoms with Crippen molar-refractivity contribution in [3.05, 3.63) is 40.9 Å². The Kier molecular flexibility index (Phi) is 3.62. The fourth-order valence-electron chi connectivity index (χ4n) is 1.42. The molecule has 1 aromatic heterocycles. The third kappa shape index (κ3) is 2.51. The molecule has 0 amide bonds. The maximum atomic E-state index is 13.0. The van der Waals surface area contributed by atoms with Crippen molar-refractivity contribution in [3.8, 4) is 11.4 Å². The third-order valence-electron chi connectivity index (χ3n) is 2.26. The lowest BCUT2D eigenvalue weighted by Crippen LogP contribution is -2.04. The van der Waals surface area contributed by atoms with Crippen LogP contribution in [0.3, 0.4) is 0 Å². The van der Waals surface area contributed by atoms with Crippen LogP contribution in [0.4, 0.5) is 4.39 Å². The van der Waals surface area contributed by atoms with Crippen LogP contribution in [0.2, 0.25) is 5.02 Å². The van der Waals surface area contributed by atoms with Gasteiger partial charge in [-0.3, -0.25) is 0 Å². The van der Waals surface area contributed by atoms with E-state index >= 15 is 0 Å². The highest BCUT2D eigenvalue weighted by atomic mass is 35.5. The number of hydrogen-bond donors (Lipinski definition) is 1. The molecule has 6 heteroatoms. The first-order chi connectivity index (χ1) is 8.61. The van der Waals surface area contributed by atoms with E-state index in [0.29, 0.717) is 11.4 Å². The molecule has 2 aromatic rings. The van der Waals surface area contributed by atoms with Gasteiger partial charge < -0.3 is 9.72 Å². The predicted molar refractivity (Wildman–Crippen MR) is 64.9 cm³/mol. The topological polar surface area (TPSA) is 55.0 Å². The average Bonchev–Trinajstić information content (AvgIpc) is 2.82. The monoisotopic (exact) mass is 268 g/mol. The van der Waals surface area contributed by atoms with Gasteiger partial charge in [0.15, 0.2) is 0 Å². The van der Waals surface area contributed by atoms with E-state index in [2.05, 4.69) is 9.97 Å². The Morgan fingerprint density at radius 2 is 2.33 bits per heavy atom. The maximum absolute atomic E-state index is 13.0. The van der Waals surface area contributed by atoms with Gasteiger partial charge in [-0.2, -0.15) is 0 Å². The van der Waals surface area contributed by atoms with E-state index in [1.807, 2.05) is 0 Å². The molecule has 0 aliphatic heterocycles. The molecule has 18 heavy (non-hydrogen) atoms. The zero-order valence-electron chi connectivity index (χ0n) is 9.54. The van der Waals surface area contributed by atoms with Crippen LogP contribution in [-0.2, 0) is 4.74 Å². The smallest absolute Gasteiger partial charge is 0.356 e. The standard InChI is InChI=1S/C12H10ClFN2O2/c1-2-18-12(17)10-6-15-11(16-10)7-3-4-9(14)8(13)5-7/h3-6H,2H2,1H3,(H,15,16). The van der Waals surface area contributed by atoms with Gasteiger partial charge in [-0.25, -0.2) is 14.2 Å². The summed E-state index contributed by atoms with van der Waals surface area (Å²) in [5.74, 6) is -0.554. The van der Waals surface area contributed by atoms with Crippen molar-refractivity contribution in [3.63, 3.8) is 0 Å². The zero-order valence-corrected chi connectivity index (χ0v) is 10.3. The second-order valence-electron chi connectivity index (χ2n) is 3.49. The predicted octanol–water partition coefficient (Wildman–Crippen LogP) is 3.05. The summed E-state index contributed by atoms with van der Waals surface area (Å²) in [6.07, 6.45) is 1.37. The summed E-state index contributed by atoms with van der Waals surface area (Å²) >= 11 is 5.67. The molecule has 0 spiro atoms. The number of carbonyl (C=O) groups is 1. The highest BCUT2D eigenvalue weighted by molar-refractivity contribution is 6.31. The van der Waals surface area contributed by atoms with Crippen LogP contribution in [-0.4, -0.2) is 22.5 Å². The van der Waals surface area contributed by atoms with Gasteiger partial charge in [0.2, 0.25) is 0 Å². The van der Waals surface area contributed by atoms with E-state index in [0.717, 1.165) is 0 Å². The van der Waals surface area contributed by atoms with Crippen LogP contribution >= 0.6 is 11.6 Å². The summed E-state index contributed by atoms with van der Waals surface area (Å²) in [7, 11) is 0.